The van der Waals surface area contributed by atoms with Crippen LogP contribution in [0.2, 0.25) is 0 Å². The van der Waals surface area contributed by atoms with Crippen LogP contribution in [0.15, 0.2) is 5.28 Å². The highest BCUT2D eigenvalue weighted by molar-refractivity contribution is 4.71. The van der Waals surface area contributed by atoms with E-state index in [4.69, 9.17) is 10.3 Å². The summed E-state index contributed by atoms with van der Waals surface area (Å²) in [5.74, 6) is 0.151. The predicted molar refractivity (Wildman–Crippen MR) is 30.0 cm³/mol. The van der Waals surface area contributed by atoms with Crippen molar-refractivity contribution < 1.29 is 15.3 Å². The molecule has 0 aromatic rings. The van der Waals surface area contributed by atoms with Gasteiger partial charge in [0.1, 0.15) is 0 Å². The number of rotatable bonds is 2. The third-order valence-electron chi connectivity index (χ3n) is 1.51. The summed E-state index contributed by atoms with van der Waals surface area (Å²) in [5, 5.41) is 30.6. The van der Waals surface area contributed by atoms with Gasteiger partial charge < -0.3 is 15.5 Å². The van der Waals surface area contributed by atoms with Crippen molar-refractivity contribution in [2.24, 2.45) is 11.2 Å². The van der Waals surface area contributed by atoms with Crippen molar-refractivity contribution in [2.45, 2.75) is 0 Å². The summed E-state index contributed by atoms with van der Waals surface area (Å²) < 4.78 is 0. The molecule has 0 aromatic heterocycles. The first-order chi connectivity index (χ1) is 4.77. The van der Waals surface area contributed by atoms with Gasteiger partial charge in [-0.2, -0.15) is 0 Å². The minimum Gasteiger partial charge on any atom is -0.569 e. The summed E-state index contributed by atoms with van der Waals surface area (Å²) >= 11 is 0. The number of aliphatic hydroxyl groups is 1. The molecule has 1 heterocycles. The Bertz CT molecular complexity index is 143. The molecule has 0 unspecified atom stereocenters. The lowest BCUT2D eigenvalue weighted by molar-refractivity contribution is -0.725. The molecule has 0 aliphatic carbocycles. The molecule has 1 aliphatic rings. The van der Waals surface area contributed by atoms with Crippen molar-refractivity contribution in [3.8, 4) is 0 Å². The minimum absolute atomic E-state index is 0.0791. The van der Waals surface area contributed by atoms with Gasteiger partial charge in [0.05, 0.1) is 18.1 Å². The van der Waals surface area contributed by atoms with Crippen LogP contribution in [0.4, 0.5) is 0 Å². The van der Waals surface area contributed by atoms with Crippen molar-refractivity contribution in [3.05, 3.63) is 5.21 Å². The molecule has 10 heavy (non-hydrogen) atoms. The van der Waals surface area contributed by atoms with E-state index in [0.29, 0.717) is 13.1 Å². The summed E-state index contributed by atoms with van der Waals surface area (Å²) in [6.45, 7) is 1.00. The van der Waals surface area contributed by atoms with E-state index < -0.39 is 0 Å². The number of hydrogen-bond donors (Lipinski definition) is 2. The van der Waals surface area contributed by atoms with Crippen LogP contribution < -0.4 is 0 Å². The molecule has 2 N–H and O–H groups in total. The van der Waals surface area contributed by atoms with Crippen LogP contribution >= 0.6 is 0 Å². The van der Waals surface area contributed by atoms with Crippen LogP contribution in [0.25, 0.3) is 0 Å². The average Bonchev–Trinajstić information content (AvgIpc) is 1.85. The van der Waals surface area contributed by atoms with Crippen LogP contribution in [0.3, 0.4) is 0 Å². The van der Waals surface area contributed by atoms with Gasteiger partial charge in [0, 0.05) is 12.5 Å². The zero-order valence-corrected chi connectivity index (χ0v) is 5.34. The first kappa shape index (κ1) is 7.07. The standard InChI is InChI=1S/C4H9N3O3/c8-3-4-1-6(2-4)7(10)5-9/h4,8-9H,1-3H2/b7-5+. The fourth-order valence-electron chi connectivity index (χ4n) is 0.854. The van der Waals surface area contributed by atoms with Crippen LogP contribution in [0.1, 0.15) is 0 Å². The molecule has 6 heteroatoms. The number of aliphatic hydroxyl groups excluding tert-OH is 1. The average molecular weight is 147 g/mol. The summed E-state index contributed by atoms with van der Waals surface area (Å²) in [4.78, 5) is 0.117. The first-order valence-corrected chi connectivity index (χ1v) is 2.96. The molecule has 0 bridgehead atoms. The summed E-state index contributed by atoms with van der Waals surface area (Å²) in [6, 6.07) is 0. The fraction of sp³-hybridized carbons (Fsp3) is 1.00. The Morgan fingerprint density at radius 3 is 2.70 bits per heavy atom. The van der Waals surface area contributed by atoms with E-state index in [1.54, 1.807) is 0 Å². The first-order valence-electron chi connectivity index (χ1n) is 2.96. The molecule has 0 atom stereocenters. The van der Waals surface area contributed by atoms with Crippen molar-refractivity contribution in [2.75, 3.05) is 19.7 Å². The molecular formula is C4H9N3O3. The van der Waals surface area contributed by atoms with Crippen LogP contribution in [0, 0.1) is 11.1 Å². The third-order valence-corrected chi connectivity index (χ3v) is 1.51. The lowest BCUT2D eigenvalue weighted by Gasteiger charge is -2.32. The highest BCUT2D eigenvalue weighted by Gasteiger charge is 2.32. The topological polar surface area (TPSA) is 82.1 Å². The molecule has 6 nitrogen and oxygen atoms in total. The molecule has 58 valence electrons. The molecule has 0 radical (unpaired) electrons. The van der Waals surface area contributed by atoms with Gasteiger partial charge in [-0.1, -0.05) is 0 Å². The normalized spacial score (nSPS) is 20.9. The Hall–Kier alpha value is -1.04. The second kappa shape index (κ2) is 2.70. The van der Waals surface area contributed by atoms with Gasteiger partial charge in [-0.3, -0.25) is 0 Å². The molecule has 0 aromatic carbocycles. The van der Waals surface area contributed by atoms with Crippen molar-refractivity contribution >= 4 is 0 Å². The molecular weight excluding hydrogens is 138 g/mol. The highest BCUT2D eigenvalue weighted by Crippen LogP contribution is 2.13. The SMILES string of the molecule is [O-]/[N+](=N/O)N1CC(CO)C1. The van der Waals surface area contributed by atoms with Crippen LogP contribution in [-0.2, 0) is 0 Å². The third kappa shape index (κ3) is 1.10. The van der Waals surface area contributed by atoms with E-state index in [9.17, 15) is 5.21 Å². The Labute approximate surface area is 57.5 Å². The predicted octanol–water partition coefficient (Wildman–Crippen LogP) is -0.823. The molecule has 1 fully saturated rings. The number of hydrazine groups is 1. The van der Waals surface area contributed by atoms with Gasteiger partial charge in [-0.25, -0.2) is 0 Å². The summed E-state index contributed by atoms with van der Waals surface area (Å²) in [6.07, 6.45) is 0. The van der Waals surface area contributed by atoms with E-state index >= 15 is 0 Å². The monoisotopic (exact) mass is 147 g/mol. The Morgan fingerprint density at radius 1 is 1.70 bits per heavy atom. The number of nitrogens with zero attached hydrogens (tertiary/aromatic N) is 3. The minimum atomic E-state index is 0.0791. The second-order valence-corrected chi connectivity index (χ2v) is 2.26. The van der Waals surface area contributed by atoms with Gasteiger partial charge in [0.2, 0.25) is 5.28 Å². The lowest BCUT2D eigenvalue weighted by atomic mass is 10.0. The highest BCUT2D eigenvalue weighted by atomic mass is 16.6. The Morgan fingerprint density at radius 2 is 2.30 bits per heavy atom. The molecule has 0 amide bonds. The molecule has 1 aliphatic heterocycles. The van der Waals surface area contributed by atoms with Gasteiger partial charge >= 0.3 is 0 Å². The van der Waals surface area contributed by atoms with Crippen LogP contribution in [0.5, 0.6) is 0 Å². The van der Waals surface area contributed by atoms with E-state index in [-0.39, 0.29) is 17.5 Å². The van der Waals surface area contributed by atoms with E-state index in [0.717, 1.165) is 0 Å². The molecule has 1 rings (SSSR count). The van der Waals surface area contributed by atoms with Crippen LogP contribution in [-0.4, -0.2) is 40.0 Å². The summed E-state index contributed by atoms with van der Waals surface area (Å²) in [7, 11) is 0. The van der Waals surface area contributed by atoms with Crippen molar-refractivity contribution in [1.29, 1.82) is 0 Å². The van der Waals surface area contributed by atoms with Gasteiger partial charge in [0.15, 0.2) is 0 Å². The summed E-state index contributed by atoms with van der Waals surface area (Å²) in [5.41, 5.74) is 0. The second-order valence-electron chi connectivity index (χ2n) is 2.26. The van der Waals surface area contributed by atoms with E-state index in [2.05, 4.69) is 5.28 Å². The Kier molecular flexibility index (Phi) is 1.91. The zero-order valence-electron chi connectivity index (χ0n) is 5.34. The van der Waals surface area contributed by atoms with E-state index in [1.165, 1.54) is 5.01 Å². The molecule has 1 saturated heterocycles. The van der Waals surface area contributed by atoms with Gasteiger partial charge in [0.25, 0.3) is 0 Å². The van der Waals surface area contributed by atoms with Gasteiger partial charge in [-0.05, 0) is 0 Å². The lowest BCUT2D eigenvalue weighted by Crippen LogP contribution is -2.51. The van der Waals surface area contributed by atoms with E-state index in [1.807, 2.05) is 0 Å². The number of hydrogen-bond acceptors (Lipinski definition) is 3. The van der Waals surface area contributed by atoms with Crippen molar-refractivity contribution in [3.63, 3.8) is 0 Å². The quantitative estimate of drug-likeness (QED) is 0.303. The zero-order chi connectivity index (χ0) is 7.56. The molecule has 0 saturated carbocycles. The molecule has 0 spiro atoms. The Balaban J connectivity index is 2.26. The fourth-order valence-corrected chi connectivity index (χ4v) is 0.854. The van der Waals surface area contributed by atoms with Gasteiger partial charge in [-0.15, -0.1) is 5.01 Å². The maximum Gasteiger partial charge on any atom is 0.230 e. The maximum atomic E-state index is 10.4. The maximum absolute atomic E-state index is 10.4. The smallest absolute Gasteiger partial charge is 0.230 e. The van der Waals surface area contributed by atoms with Crippen molar-refractivity contribution in [1.82, 2.24) is 5.01 Å². The largest absolute Gasteiger partial charge is 0.569 e.